The molecule has 1 aliphatic heterocycles. The monoisotopic (exact) mass is 286 g/mol. The highest BCUT2D eigenvalue weighted by Crippen LogP contribution is 2.18. The molecule has 4 heteroatoms. The van der Waals surface area contributed by atoms with Crippen LogP contribution >= 0.6 is 0 Å². The van der Waals surface area contributed by atoms with E-state index in [2.05, 4.69) is 24.1 Å². The van der Waals surface area contributed by atoms with Crippen molar-refractivity contribution in [2.24, 2.45) is 5.92 Å². The Hall–Kier alpha value is -1.99. The summed E-state index contributed by atoms with van der Waals surface area (Å²) in [4.78, 5) is 14.1. The van der Waals surface area contributed by atoms with E-state index in [1.54, 1.807) is 0 Å². The van der Waals surface area contributed by atoms with E-state index in [9.17, 15) is 4.79 Å². The summed E-state index contributed by atoms with van der Waals surface area (Å²) >= 11 is 0. The lowest BCUT2D eigenvalue weighted by atomic mass is 10.00. The van der Waals surface area contributed by atoms with Crippen LogP contribution in [0.25, 0.3) is 0 Å². The molecule has 2 rings (SSSR count). The van der Waals surface area contributed by atoms with Crippen LogP contribution in [0, 0.1) is 24.7 Å². The fraction of sp³-hybridized carbons (Fsp3) is 0.471. The molecular weight excluding hydrogens is 264 g/mol. The van der Waals surface area contributed by atoms with Crippen LogP contribution in [0.1, 0.15) is 30.9 Å². The Morgan fingerprint density at radius 2 is 2.14 bits per heavy atom. The zero-order chi connectivity index (χ0) is 15.2. The summed E-state index contributed by atoms with van der Waals surface area (Å²) < 4.78 is 0. The summed E-state index contributed by atoms with van der Waals surface area (Å²) in [5.74, 6) is 6.24. The van der Waals surface area contributed by atoms with Crippen molar-refractivity contribution in [2.45, 2.75) is 26.7 Å². The molecule has 1 aromatic rings. The molecule has 4 nitrogen and oxygen atoms in total. The van der Waals surface area contributed by atoms with Crippen LogP contribution in [0.4, 0.5) is 10.5 Å². The molecule has 21 heavy (non-hydrogen) atoms. The van der Waals surface area contributed by atoms with Crippen LogP contribution in [0.5, 0.6) is 0 Å². The molecule has 112 valence electrons. The van der Waals surface area contributed by atoms with Crippen LogP contribution in [-0.2, 0) is 0 Å². The average molecular weight is 286 g/mol. The fourth-order valence-electron chi connectivity index (χ4n) is 2.38. The molecule has 0 bridgehead atoms. The maximum atomic E-state index is 12.2. The van der Waals surface area contributed by atoms with Gasteiger partial charge in [-0.1, -0.05) is 24.8 Å². The molecule has 1 fully saturated rings. The zero-order valence-corrected chi connectivity index (χ0v) is 12.6. The third-order valence-electron chi connectivity index (χ3n) is 3.86. The molecule has 1 saturated heterocycles. The molecule has 1 aromatic carbocycles. The quantitative estimate of drug-likeness (QED) is 0.780. The highest BCUT2D eigenvalue weighted by molar-refractivity contribution is 5.89. The number of piperidine rings is 1. The number of benzene rings is 1. The molecular formula is C17H22N2O2. The molecule has 2 N–H and O–H groups in total. The van der Waals surface area contributed by atoms with Crippen molar-refractivity contribution in [3.63, 3.8) is 0 Å². The molecule has 1 heterocycles. The number of aliphatic hydroxyl groups is 1. The summed E-state index contributed by atoms with van der Waals surface area (Å²) in [5.41, 5.74) is 2.60. The van der Waals surface area contributed by atoms with E-state index in [-0.39, 0.29) is 12.6 Å². The number of nitrogens with one attached hydrogen (secondary N) is 1. The molecule has 0 radical (unpaired) electrons. The van der Waals surface area contributed by atoms with Crippen LogP contribution < -0.4 is 5.32 Å². The van der Waals surface area contributed by atoms with Crippen molar-refractivity contribution in [1.82, 2.24) is 4.90 Å². The molecule has 0 aliphatic carbocycles. The van der Waals surface area contributed by atoms with Crippen LogP contribution in [0.15, 0.2) is 18.2 Å². The lowest BCUT2D eigenvalue weighted by molar-refractivity contribution is 0.186. The van der Waals surface area contributed by atoms with Crippen LogP contribution in [-0.4, -0.2) is 35.7 Å². The predicted molar refractivity (Wildman–Crippen MR) is 84.1 cm³/mol. The second kappa shape index (κ2) is 7.14. The number of aliphatic hydroxyl groups excluding tert-OH is 1. The minimum Gasteiger partial charge on any atom is -0.384 e. The SMILES string of the molecule is Cc1ccc(NC(=O)N2CCC(C)CC2)cc1C#CCO. The topological polar surface area (TPSA) is 52.6 Å². The van der Waals surface area contributed by atoms with Gasteiger partial charge in [-0.3, -0.25) is 0 Å². The van der Waals surface area contributed by atoms with E-state index in [1.807, 2.05) is 30.0 Å². The van der Waals surface area contributed by atoms with Crippen molar-refractivity contribution < 1.29 is 9.90 Å². The number of rotatable bonds is 1. The van der Waals surface area contributed by atoms with Crippen LogP contribution in [0.2, 0.25) is 0 Å². The number of anilines is 1. The van der Waals surface area contributed by atoms with E-state index >= 15 is 0 Å². The Kier molecular flexibility index (Phi) is 5.24. The number of urea groups is 1. The number of carbonyl (C=O) groups excluding carboxylic acids is 1. The van der Waals surface area contributed by atoms with Gasteiger partial charge in [0.25, 0.3) is 0 Å². The standard InChI is InChI=1S/C17H22N2O2/c1-13-7-9-19(10-8-13)17(21)18-16-6-5-14(2)15(12-16)4-3-11-20/h5-6,12-13,20H,7-11H2,1-2H3,(H,18,21). The van der Waals surface area contributed by atoms with Gasteiger partial charge in [-0.15, -0.1) is 0 Å². The Bertz CT molecular complexity index is 564. The average Bonchev–Trinajstić information content (AvgIpc) is 2.48. The van der Waals surface area contributed by atoms with Gasteiger partial charge in [-0.05, 0) is 43.4 Å². The molecule has 0 saturated carbocycles. The van der Waals surface area contributed by atoms with Gasteiger partial charge >= 0.3 is 6.03 Å². The highest BCUT2D eigenvalue weighted by Gasteiger charge is 2.20. The van der Waals surface area contributed by atoms with Gasteiger partial charge < -0.3 is 15.3 Å². The second-order valence-electron chi connectivity index (χ2n) is 5.59. The Morgan fingerprint density at radius 1 is 1.43 bits per heavy atom. The lowest BCUT2D eigenvalue weighted by Crippen LogP contribution is -2.40. The smallest absolute Gasteiger partial charge is 0.321 e. The molecule has 2 amide bonds. The Balaban J connectivity index is 2.04. The lowest BCUT2D eigenvalue weighted by Gasteiger charge is -2.30. The van der Waals surface area contributed by atoms with E-state index in [1.165, 1.54) is 0 Å². The molecule has 0 atom stereocenters. The number of likely N-dealkylation sites (tertiary alicyclic amines) is 1. The molecule has 0 aromatic heterocycles. The van der Waals surface area contributed by atoms with E-state index in [0.717, 1.165) is 42.7 Å². The fourth-order valence-corrected chi connectivity index (χ4v) is 2.38. The van der Waals surface area contributed by atoms with Crippen molar-refractivity contribution in [2.75, 3.05) is 25.0 Å². The zero-order valence-electron chi connectivity index (χ0n) is 12.6. The first-order valence-electron chi connectivity index (χ1n) is 7.36. The van der Waals surface area contributed by atoms with Crippen LogP contribution in [0.3, 0.4) is 0 Å². The summed E-state index contributed by atoms with van der Waals surface area (Å²) in [7, 11) is 0. The number of carbonyl (C=O) groups is 1. The summed E-state index contributed by atoms with van der Waals surface area (Å²) in [6.07, 6.45) is 2.13. The normalized spacial score (nSPS) is 15.3. The van der Waals surface area contributed by atoms with E-state index in [4.69, 9.17) is 5.11 Å². The Morgan fingerprint density at radius 3 is 2.81 bits per heavy atom. The van der Waals surface area contributed by atoms with E-state index in [0.29, 0.717) is 5.92 Å². The number of hydrogen-bond acceptors (Lipinski definition) is 2. The number of hydrogen-bond donors (Lipinski definition) is 2. The van der Waals surface area contributed by atoms with Gasteiger partial charge in [-0.2, -0.15) is 0 Å². The summed E-state index contributed by atoms with van der Waals surface area (Å²) in [5, 5.41) is 11.7. The minimum absolute atomic E-state index is 0.0492. The van der Waals surface area contributed by atoms with Gasteiger partial charge in [0.2, 0.25) is 0 Å². The number of amides is 2. The Labute approximate surface area is 126 Å². The highest BCUT2D eigenvalue weighted by atomic mass is 16.2. The first-order chi connectivity index (χ1) is 10.1. The van der Waals surface area contributed by atoms with Gasteiger partial charge in [-0.25, -0.2) is 4.79 Å². The van der Waals surface area contributed by atoms with Crippen molar-refractivity contribution in [1.29, 1.82) is 0 Å². The molecule has 0 unspecified atom stereocenters. The van der Waals surface area contributed by atoms with Gasteiger partial charge in [0.1, 0.15) is 6.61 Å². The maximum absolute atomic E-state index is 12.2. The van der Waals surface area contributed by atoms with Crippen molar-refractivity contribution in [3.05, 3.63) is 29.3 Å². The first-order valence-corrected chi connectivity index (χ1v) is 7.36. The largest absolute Gasteiger partial charge is 0.384 e. The van der Waals surface area contributed by atoms with Gasteiger partial charge in [0.05, 0.1) is 0 Å². The molecule has 1 aliphatic rings. The van der Waals surface area contributed by atoms with Crippen molar-refractivity contribution in [3.8, 4) is 11.8 Å². The predicted octanol–water partition coefficient (Wildman–Crippen LogP) is 2.60. The van der Waals surface area contributed by atoms with E-state index < -0.39 is 0 Å². The summed E-state index contributed by atoms with van der Waals surface area (Å²) in [6.45, 7) is 5.65. The van der Waals surface area contributed by atoms with Gasteiger partial charge in [0.15, 0.2) is 0 Å². The summed E-state index contributed by atoms with van der Waals surface area (Å²) in [6, 6.07) is 5.61. The first kappa shape index (κ1) is 15.4. The second-order valence-corrected chi connectivity index (χ2v) is 5.59. The molecule has 0 spiro atoms. The van der Waals surface area contributed by atoms with Crippen molar-refractivity contribution >= 4 is 11.7 Å². The third kappa shape index (κ3) is 4.24. The van der Waals surface area contributed by atoms with Gasteiger partial charge in [0, 0.05) is 24.3 Å². The number of nitrogens with zero attached hydrogens (tertiary/aromatic N) is 1. The third-order valence-corrected chi connectivity index (χ3v) is 3.86. The minimum atomic E-state index is -0.165. The maximum Gasteiger partial charge on any atom is 0.321 e. The number of aryl methyl sites for hydroxylation is 1.